The van der Waals surface area contributed by atoms with Crippen LogP contribution in [-0.4, -0.2) is 96.7 Å². The molecule has 0 saturated carbocycles. The fourth-order valence-electron chi connectivity index (χ4n) is 9.80. The number of aliphatic hydroxyl groups is 1. The molecule has 0 aliphatic carbocycles. The molecule has 17 nitrogen and oxygen atoms in total. The summed E-state index contributed by atoms with van der Waals surface area (Å²) in [5.74, 6) is 0.0440. The van der Waals surface area contributed by atoms with Crippen molar-refractivity contribution in [1.82, 2.24) is 0 Å². The van der Waals surface area contributed by atoms with E-state index in [4.69, 9.17) is 37.0 Å². The number of esters is 4. The van der Waals surface area contributed by atoms with Crippen LogP contribution >= 0.6 is 15.6 Å². The Morgan fingerprint density at radius 3 is 0.894 bits per heavy atom. The minimum atomic E-state index is -4.95. The molecule has 3 unspecified atom stereocenters. The van der Waals surface area contributed by atoms with Gasteiger partial charge >= 0.3 is 39.5 Å². The number of rotatable bonds is 64. The van der Waals surface area contributed by atoms with Crippen molar-refractivity contribution < 1.29 is 80.2 Å². The SMILES string of the molecule is CCCCCCCCCCCCCCC(=O)OC[C@H](COP(=O)(O)OC[C@@H](O)COP(=O)(O)OC[C@@H](COC(=O)CCCCCCCCC(C)CC)OC(=O)CCCCCCCCCC(C)C)OC(=O)CCCCCCCCCCCCC(C)C. The van der Waals surface area contributed by atoms with Crippen LogP contribution in [0.4, 0.5) is 0 Å². The Morgan fingerprint density at radius 2 is 0.600 bits per heavy atom. The predicted molar refractivity (Wildman–Crippen MR) is 340 cm³/mol. The first kappa shape index (κ1) is 83.1. The molecule has 0 fully saturated rings. The van der Waals surface area contributed by atoms with Gasteiger partial charge in [-0.05, 0) is 43.4 Å². The second-order valence-electron chi connectivity index (χ2n) is 25.1. The molecular formula is C66H128O17P2. The summed E-state index contributed by atoms with van der Waals surface area (Å²) in [5.41, 5.74) is 0. The molecule has 19 heteroatoms. The molecule has 0 amide bonds. The minimum Gasteiger partial charge on any atom is -0.462 e. The van der Waals surface area contributed by atoms with Gasteiger partial charge in [0, 0.05) is 25.7 Å². The number of unbranched alkanes of at least 4 members (excludes halogenated alkanes) is 31. The second-order valence-corrected chi connectivity index (χ2v) is 28.0. The fraction of sp³-hybridized carbons (Fsp3) is 0.939. The van der Waals surface area contributed by atoms with E-state index in [0.29, 0.717) is 31.6 Å². The number of phosphoric ester groups is 2. The number of carbonyl (C=O) groups excluding carboxylic acids is 4. The highest BCUT2D eigenvalue weighted by Crippen LogP contribution is 2.45. The largest absolute Gasteiger partial charge is 0.472 e. The van der Waals surface area contributed by atoms with E-state index < -0.39 is 97.5 Å². The second kappa shape index (κ2) is 57.2. The van der Waals surface area contributed by atoms with Crippen molar-refractivity contribution >= 4 is 39.5 Å². The quantitative estimate of drug-likeness (QED) is 0.0222. The number of carbonyl (C=O) groups is 4. The lowest BCUT2D eigenvalue weighted by molar-refractivity contribution is -0.161. The summed E-state index contributed by atoms with van der Waals surface area (Å²) in [4.78, 5) is 72.3. The van der Waals surface area contributed by atoms with Crippen LogP contribution in [-0.2, 0) is 65.4 Å². The van der Waals surface area contributed by atoms with E-state index in [1.807, 2.05) is 0 Å². The van der Waals surface area contributed by atoms with Crippen molar-refractivity contribution in [3.05, 3.63) is 0 Å². The molecule has 85 heavy (non-hydrogen) atoms. The molecule has 0 aromatic heterocycles. The molecule has 0 aliphatic heterocycles. The van der Waals surface area contributed by atoms with Crippen molar-refractivity contribution in [2.45, 2.75) is 343 Å². The summed E-state index contributed by atoms with van der Waals surface area (Å²) in [6.07, 6.45) is 39.0. The standard InChI is InChI=1S/C66H128O17P2/c1-8-10-11-12-13-14-15-16-20-25-33-40-47-63(68)76-53-61(82-65(70)49-42-35-26-21-18-17-19-23-30-37-44-57(3)4)55-80-84(72,73)78-51-60(67)52-79-85(74,75)81-56-62(83-66(71)50-43-36-27-22-24-31-38-45-58(5)6)54-77-64(69)48-41-34-29-28-32-39-46-59(7)9-2/h57-62,67H,8-56H2,1-7H3,(H,72,73)(H,74,75)/t59?,60-,61-,62-/m1/s1. The highest BCUT2D eigenvalue weighted by Gasteiger charge is 2.30. The first-order valence-corrected chi connectivity index (χ1v) is 37.4. The van der Waals surface area contributed by atoms with Crippen LogP contribution in [0, 0.1) is 17.8 Å². The van der Waals surface area contributed by atoms with E-state index in [9.17, 15) is 43.2 Å². The van der Waals surface area contributed by atoms with Crippen LogP contribution in [0.1, 0.15) is 325 Å². The Hall–Kier alpha value is -1.94. The average Bonchev–Trinajstić information content (AvgIpc) is 3.48. The highest BCUT2D eigenvalue weighted by molar-refractivity contribution is 7.47. The van der Waals surface area contributed by atoms with Gasteiger partial charge in [0.2, 0.25) is 0 Å². The summed E-state index contributed by atoms with van der Waals surface area (Å²) in [5, 5.41) is 10.5. The van der Waals surface area contributed by atoms with E-state index in [1.165, 1.54) is 128 Å². The number of ether oxygens (including phenoxy) is 4. The number of aliphatic hydroxyl groups excluding tert-OH is 1. The topological polar surface area (TPSA) is 237 Å². The molecule has 0 heterocycles. The average molecular weight is 1260 g/mol. The van der Waals surface area contributed by atoms with Crippen molar-refractivity contribution in [2.24, 2.45) is 17.8 Å². The van der Waals surface area contributed by atoms with Gasteiger partial charge in [-0.3, -0.25) is 37.3 Å². The lowest BCUT2D eigenvalue weighted by atomic mass is 10.00. The Kier molecular flexibility index (Phi) is 55.9. The third-order valence-electron chi connectivity index (χ3n) is 15.5. The number of hydrogen-bond acceptors (Lipinski definition) is 15. The maximum Gasteiger partial charge on any atom is 0.472 e. The zero-order valence-corrected chi connectivity index (χ0v) is 56.9. The van der Waals surface area contributed by atoms with Crippen LogP contribution in [0.5, 0.6) is 0 Å². The minimum absolute atomic E-state index is 0.102. The normalized spacial score (nSPS) is 14.6. The molecule has 0 aliphatic rings. The molecule has 0 saturated heterocycles. The summed E-state index contributed by atoms with van der Waals surface area (Å²) >= 11 is 0. The molecule has 0 radical (unpaired) electrons. The Balaban J connectivity index is 5.26. The van der Waals surface area contributed by atoms with Crippen molar-refractivity contribution in [1.29, 1.82) is 0 Å². The van der Waals surface area contributed by atoms with E-state index in [2.05, 4.69) is 48.5 Å². The van der Waals surface area contributed by atoms with Gasteiger partial charge in [-0.15, -0.1) is 0 Å². The van der Waals surface area contributed by atoms with Gasteiger partial charge in [0.1, 0.15) is 19.3 Å². The summed E-state index contributed by atoms with van der Waals surface area (Å²) in [7, 11) is -9.89. The van der Waals surface area contributed by atoms with Gasteiger partial charge in [0.05, 0.1) is 26.4 Å². The van der Waals surface area contributed by atoms with Gasteiger partial charge in [-0.1, -0.05) is 273 Å². The first-order chi connectivity index (χ1) is 40.8. The smallest absolute Gasteiger partial charge is 0.462 e. The summed E-state index contributed by atoms with van der Waals surface area (Å²) in [6.45, 7) is 11.7. The third kappa shape index (κ3) is 59.5. The van der Waals surface area contributed by atoms with E-state index in [1.54, 1.807) is 0 Å². The molecule has 0 rings (SSSR count). The molecule has 0 aromatic carbocycles. The maximum absolute atomic E-state index is 13.0. The molecule has 0 spiro atoms. The summed E-state index contributed by atoms with van der Waals surface area (Å²) < 4.78 is 68.1. The third-order valence-corrected chi connectivity index (χ3v) is 17.4. The van der Waals surface area contributed by atoms with Crippen molar-refractivity contribution in [3.63, 3.8) is 0 Å². The Bertz CT molecular complexity index is 1680. The maximum atomic E-state index is 13.0. The lowest BCUT2D eigenvalue weighted by Crippen LogP contribution is -2.30. The molecule has 0 aromatic rings. The van der Waals surface area contributed by atoms with Crippen LogP contribution in [0.2, 0.25) is 0 Å². The molecule has 504 valence electrons. The van der Waals surface area contributed by atoms with E-state index in [-0.39, 0.29) is 25.7 Å². The molecule has 0 bridgehead atoms. The highest BCUT2D eigenvalue weighted by atomic mass is 31.2. The Morgan fingerprint density at radius 1 is 0.341 bits per heavy atom. The van der Waals surface area contributed by atoms with E-state index >= 15 is 0 Å². The Labute approximate surface area is 517 Å². The molecule has 3 N–H and O–H groups in total. The van der Waals surface area contributed by atoms with Crippen molar-refractivity contribution in [2.75, 3.05) is 39.6 Å². The summed E-state index contributed by atoms with van der Waals surface area (Å²) in [6, 6.07) is 0. The van der Waals surface area contributed by atoms with Gasteiger partial charge in [0.15, 0.2) is 12.2 Å². The molecular weight excluding hydrogens is 1130 g/mol. The zero-order chi connectivity index (χ0) is 63.1. The van der Waals surface area contributed by atoms with Gasteiger partial charge < -0.3 is 33.8 Å². The van der Waals surface area contributed by atoms with E-state index in [0.717, 1.165) is 108 Å². The van der Waals surface area contributed by atoms with Gasteiger partial charge in [0.25, 0.3) is 0 Å². The van der Waals surface area contributed by atoms with Crippen LogP contribution in [0.3, 0.4) is 0 Å². The van der Waals surface area contributed by atoms with Crippen LogP contribution < -0.4 is 0 Å². The number of hydrogen-bond donors (Lipinski definition) is 3. The predicted octanol–water partition coefficient (Wildman–Crippen LogP) is 18.3. The monoisotopic (exact) mass is 1250 g/mol. The number of phosphoric acid groups is 2. The fourth-order valence-corrected chi connectivity index (χ4v) is 11.4. The van der Waals surface area contributed by atoms with Crippen molar-refractivity contribution in [3.8, 4) is 0 Å². The first-order valence-electron chi connectivity index (χ1n) is 34.4. The lowest BCUT2D eigenvalue weighted by Gasteiger charge is -2.21. The van der Waals surface area contributed by atoms with Gasteiger partial charge in [-0.2, -0.15) is 0 Å². The van der Waals surface area contributed by atoms with Crippen LogP contribution in [0.15, 0.2) is 0 Å². The van der Waals surface area contributed by atoms with Crippen LogP contribution in [0.25, 0.3) is 0 Å². The zero-order valence-electron chi connectivity index (χ0n) is 55.1. The molecule has 6 atom stereocenters. The van der Waals surface area contributed by atoms with Gasteiger partial charge in [-0.25, -0.2) is 9.13 Å².